The molecule has 1 saturated carbocycles. The highest BCUT2D eigenvalue weighted by Gasteiger charge is 2.50. The zero-order valence-corrected chi connectivity index (χ0v) is 13.6. The Morgan fingerprint density at radius 1 is 1.16 bits per heavy atom. The highest BCUT2D eigenvalue weighted by atomic mass is 19.1. The van der Waals surface area contributed by atoms with Crippen molar-refractivity contribution in [2.75, 3.05) is 0 Å². The maximum atomic E-state index is 13.3. The summed E-state index contributed by atoms with van der Waals surface area (Å²) in [5.41, 5.74) is 1.92. The summed E-state index contributed by atoms with van der Waals surface area (Å²) in [6, 6.07) is 11.3. The Bertz CT molecular complexity index is 1010. The molecule has 1 aliphatic carbocycles. The number of fused-ring (bicyclic) bond motifs is 1. The lowest BCUT2D eigenvalue weighted by atomic mass is 9.89. The number of carbonyl (C=O) groups is 1. The normalized spacial score (nSPS) is 15.3. The van der Waals surface area contributed by atoms with Crippen LogP contribution in [0.5, 0.6) is 5.75 Å². The number of aromatic hydroxyl groups is 1. The van der Waals surface area contributed by atoms with Crippen LogP contribution in [0.25, 0.3) is 10.9 Å². The maximum absolute atomic E-state index is 13.3. The Kier molecular flexibility index (Phi) is 3.29. The monoisotopic (exact) mass is 337 g/mol. The Labute approximate surface area is 143 Å². The summed E-state index contributed by atoms with van der Waals surface area (Å²) in [4.78, 5) is 16.4. The van der Waals surface area contributed by atoms with Crippen LogP contribution in [-0.2, 0) is 5.41 Å². The van der Waals surface area contributed by atoms with Crippen molar-refractivity contribution in [1.29, 1.82) is 0 Å². The number of hydrogen-bond donors (Lipinski definition) is 2. The first-order valence-electron chi connectivity index (χ1n) is 8.06. The number of carboxylic acid groups (broad SMARTS) is 1. The van der Waals surface area contributed by atoms with Crippen molar-refractivity contribution in [3.05, 3.63) is 70.7 Å². The predicted octanol–water partition coefficient (Wildman–Crippen LogP) is 4.17. The Morgan fingerprint density at radius 2 is 1.84 bits per heavy atom. The molecule has 1 heterocycles. The van der Waals surface area contributed by atoms with Crippen LogP contribution < -0.4 is 0 Å². The molecule has 126 valence electrons. The average molecular weight is 337 g/mol. The van der Waals surface area contributed by atoms with Gasteiger partial charge in [-0.3, -0.25) is 0 Å². The van der Waals surface area contributed by atoms with Crippen LogP contribution in [0.2, 0.25) is 0 Å². The minimum atomic E-state index is -1.19. The molecular weight excluding hydrogens is 321 g/mol. The van der Waals surface area contributed by atoms with Crippen molar-refractivity contribution in [2.24, 2.45) is 0 Å². The summed E-state index contributed by atoms with van der Waals surface area (Å²) in [5, 5.41) is 20.8. The van der Waals surface area contributed by atoms with Crippen LogP contribution in [-0.4, -0.2) is 21.2 Å². The third kappa shape index (κ3) is 2.27. The van der Waals surface area contributed by atoms with Crippen LogP contribution in [0.1, 0.15) is 40.0 Å². The van der Waals surface area contributed by atoms with E-state index < -0.39 is 11.4 Å². The second kappa shape index (κ2) is 5.28. The van der Waals surface area contributed by atoms with Crippen molar-refractivity contribution in [2.45, 2.75) is 25.2 Å². The fourth-order valence-corrected chi connectivity index (χ4v) is 3.53. The molecular formula is C20H16FNO3. The van der Waals surface area contributed by atoms with Gasteiger partial charge in [-0.15, -0.1) is 0 Å². The first kappa shape index (κ1) is 15.6. The van der Waals surface area contributed by atoms with E-state index in [0.29, 0.717) is 16.6 Å². The van der Waals surface area contributed by atoms with Gasteiger partial charge in [-0.25, -0.2) is 14.2 Å². The lowest BCUT2D eigenvalue weighted by molar-refractivity contribution is 0.0695. The summed E-state index contributed by atoms with van der Waals surface area (Å²) in [5.74, 6) is -1.82. The zero-order valence-electron chi connectivity index (χ0n) is 13.6. The fraction of sp³-hybridized carbons (Fsp3) is 0.200. The molecule has 0 aliphatic heterocycles. The molecule has 0 unspecified atom stereocenters. The molecule has 0 saturated heterocycles. The van der Waals surface area contributed by atoms with Crippen molar-refractivity contribution < 1.29 is 19.4 Å². The molecule has 0 amide bonds. The number of aryl methyl sites for hydroxylation is 1. The molecule has 0 atom stereocenters. The number of rotatable bonds is 3. The Morgan fingerprint density at radius 3 is 2.44 bits per heavy atom. The average Bonchev–Trinajstić information content (AvgIpc) is 3.36. The molecule has 0 spiro atoms. The van der Waals surface area contributed by atoms with Gasteiger partial charge in [0.15, 0.2) is 5.75 Å². The molecule has 25 heavy (non-hydrogen) atoms. The van der Waals surface area contributed by atoms with Gasteiger partial charge in [0.25, 0.3) is 0 Å². The molecule has 1 fully saturated rings. The van der Waals surface area contributed by atoms with Gasteiger partial charge in [-0.2, -0.15) is 0 Å². The fourth-order valence-electron chi connectivity index (χ4n) is 3.53. The Balaban J connectivity index is 2.02. The number of halogens is 1. The highest BCUT2D eigenvalue weighted by Crippen LogP contribution is 2.56. The van der Waals surface area contributed by atoms with E-state index in [1.54, 1.807) is 24.3 Å². The van der Waals surface area contributed by atoms with E-state index in [1.807, 2.05) is 13.0 Å². The second-order valence-electron chi connectivity index (χ2n) is 6.55. The number of nitrogens with zero attached hydrogens (tertiary/aromatic N) is 1. The van der Waals surface area contributed by atoms with Crippen LogP contribution in [0.4, 0.5) is 4.39 Å². The van der Waals surface area contributed by atoms with E-state index in [-0.39, 0.29) is 17.1 Å². The number of aromatic nitrogens is 1. The van der Waals surface area contributed by atoms with E-state index in [2.05, 4.69) is 4.98 Å². The van der Waals surface area contributed by atoms with Gasteiger partial charge in [0.05, 0.1) is 11.2 Å². The lowest BCUT2D eigenvalue weighted by Gasteiger charge is -2.19. The number of hydrogen-bond acceptors (Lipinski definition) is 3. The van der Waals surface area contributed by atoms with E-state index in [4.69, 9.17) is 0 Å². The molecule has 3 aromatic rings. The first-order valence-corrected chi connectivity index (χ1v) is 8.06. The second-order valence-corrected chi connectivity index (χ2v) is 6.55. The first-order chi connectivity index (χ1) is 11.9. The van der Waals surface area contributed by atoms with Gasteiger partial charge in [-0.05, 0) is 43.0 Å². The van der Waals surface area contributed by atoms with Gasteiger partial charge >= 0.3 is 5.97 Å². The topological polar surface area (TPSA) is 70.4 Å². The van der Waals surface area contributed by atoms with Crippen LogP contribution >= 0.6 is 0 Å². The quantitative estimate of drug-likeness (QED) is 0.753. The largest absolute Gasteiger partial charge is 0.505 e. The molecule has 5 heteroatoms. The van der Waals surface area contributed by atoms with E-state index in [9.17, 15) is 19.4 Å². The van der Waals surface area contributed by atoms with Gasteiger partial charge in [0.2, 0.25) is 0 Å². The molecule has 1 aliphatic rings. The Hall–Kier alpha value is -2.95. The number of aromatic carboxylic acids is 1. The molecule has 2 N–H and O–H groups in total. The summed E-state index contributed by atoms with van der Waals surface area (Å²) >= 11 is 0. The van der Waals surface area contributed by atoms with Gasteiger partial charge in [0, 0.05) is 10.8 Å². The van der Waals surface area contributed by atoms with Gasteiger partial charge < -0.3 is 10.2 Å². The van der Waals surface area contributed by atoms with Gasteiger partial charge in [-0.1, -0.05) is 30.3 Å². The van der Waals surface area contributed by atoms with Crippen LogP contribution in [0.15, 0.2) is 42.5 Å². The smallest absolute Gasteiger partial charge is 0.340 e. The zero-order chi connectivity index (χ0) is 17.8. The molecule has 0 radical (unpaired) electrons. The lowest BCUT2D eigenvalue weighted by Crippen LogP contribution is -2.14. The standard InChI is InChI=1S/C20H16FNO3/c1-11-3-2-4-14-15(19(24)25)17(23)18(22-16(11)14)20(9-10-20)12-5-7-13(21)8-6-12/h2-8,23H,9-10H2,1H3,(H,24,25). The minimum absolute atomic E-state index is 0.128. The third-order valence-corrected chi connectivity index (χ3v) is 5.01. The van der Waals surface area contributed by atoms with Crippen molar-refractivity contribution in [1.82, 2.24) is 4.98 Å². The van der Waals surface area contributed by atoms with Crippen molar-refractivity contribution in [3.63, 3.8) is 0 Å². The van der Waals surface area contributed by atoms with Crippen molar-refractivity contribution in [3.8, 4) is 5.75 Å². The maximum Gasteiger partial charge on any atom is 0.340 e. The summed E-state index contributed by atoms with van der Waals surface area (Å²) in [7, 11) is 0. The van der Waals surface area contributed by atoms with Gasteiger partial charge in [0.1, 0.15) is 11.4 Å². The number of carboxylic acids is 1. The third-order valence-electron chi connectivity index (χ3n) is 5.01. The van der Waals surface area contributed by atoms with E-state index in [0.717, 1.165) is 24.0 Å². The summed E-state index contributed by atoms with van der Waals surface area (Å²) in [6.45, 7) is 1.86. The van der Waals surface area contributed by atoms with Crippen molar-refractivity contribution >= 4 is 16.9 Å². The number of pyridine rings is 1. The molecule has 4 rings (SSSR count). The van der Waals surface area contributed by atoms with E-state index >= 15 is 0 Å². The molecule has 2 aromatic carbocycles. The SMILES string of the molecule is Cc1cccc2c(C(=O)O)c(O)c(C3(c4ccc(F)cc4)CC3)nc12. The molecule has 4 nitrogen and oxygen atoms in total. The highest BCUT2D eigenvalue weighted by molar-refractivity contribution is 6.06. The van der Waals surface area contributed by atoms with Crippen LogP contribution in [0.3, 0.4) is 0 Å². The predicted molar refractivity (Wildman–Crippen MR) is 91.5 cm³/mol. The number of benzene rings is 2. The summed E-state index contributed by atoms with van der Waals surface area (Å²) in [6.07, 6.45) is 1.46. The number of para-hydroxylation sites is 1. The molecule has 0 bridgehead atoms. The minimum Gasteiger partial charge on any atom is -0.505 e. The molecule has 1 aromatic heterocycles. The summed E-state index contributed by atoms with van der Waals surface area (Å²) < 4.78 is 13.3. The van der Waals surface area contributed by atoms with E-state index in [1.165, 1.54) is 12.1 Å². The van der Waals surface area contributed by atoms with Crippen LogP contribution in [0, 0.1) is 12.7 Å².